The van der Waals surface area contributed by atoms with Crippen LogP contribution in [0.2, 0.25) is 0 Å². The topological polar surface area (TPSA) is 23.5 Å². The molecule has 0 radical (unpaired) electrons. The lowest BCUT2D eigenvalue weighted by Gasteiger charge is -2.25. The van der Waals surface area contributed by atoms with Gasteiger partial charge in [0.2, 0.25) is 0 Å². The number of thioether (sulfide) groups is 1. The first-order valence-electron chi connectivity index (χ1n) is 5.66. The van der Waals surface area contributed by atoms with Crippen LogP contribution in [0.1, 0.15) is 13.8 Å². The Morgan fingerprint density at radius 3 is 2.41 bits per heavy atom. The van der Waals surface area contributed by atoms with Gasteiger partial charge < -0.3 is 10.0 Å². The van der Waals surface area contributed by atoms with Crippen LogP contribution >= 0.6 is 11.8 Å². The van der Waals surface area contributed by atoms with Crippen LogP contribution in [0.5, 0.6) is 0 Å². The van der Waals surface area contributed by atoms with Crippen molar-refractivity contribution < 1.29 is 9.50 Å². The molecule has 0 aliphatic heterocycles. The second-order valence-corrected chi connectivity index (χ2v) is 6.02. The van der Waals surface area contributed by atoms with Crippen LogP contribution in [-0.4, -0.2) is 41.5 Å². The first-order valence-corrected chi connectivity index (χ1v) is 6.65. The number of benzene rings is 1. The number of halogens is 1. The van der Waals surface area contributed by atoms with Crippen LogP contribution in [-0.2, 0) is 0 Å². The molecule has 0 aliphatic rings. The van der Waals surface area contributed by atoms with Gasteiger partial charge in [-0.25, -0.2) is 4.39 Å². The molecule has 0 unspecified atom stereocenters. The van der Waals surface area contributed by atoms with Gasteiger partial charge >= 0.3 is 0 Å². The Bertz CT molecular complexity index is 334. The summed E-state index contributed by atoms with van der Waals surface area (Å²) in [5, 5.41) is 9.64. The summed E-state index contributed by atoms with van der Waals surface area (Å²) >= 11 is 1.69. The summed E-state index contributed by atoms with van der Waals surface area (Å²) in [7, 11) is 1.99. The van der Waals surface area contributed by atoms with Gasteiger partial charge in [-0.05, 0) is 45.2 Å². The summed E-state index contributed by atoms with van der Waals surface area (Å²) in [6, 6.07) is 6.53. The highest BCUT2D eigenvalue weighted by atomic mass is 32.2. The molecule has 0 bridgehead atoms. The fourth-order valence-corrected chi connectivity index (χ4v) is 2.56. The van der Waals surface area contributed by atoms with Crippen molar-refractivity contribution in [2.24, 2.45) is 0 Å². The van der Waals surface area contributed by atoms with E-state index in [2.05, 4.69) is 4.90 Å². The zero-order valence-electron chi connectivity index (χ0n) is 10.6. The second kappa shape index (κ2) is 6.38. The Morgan fingerprint density at radius 2 is 1.88 bits per heavy atom. The third-order valence-corrected chi connectivity index (χ3v) is 3.20. The summed E-state index contributed by atoms with van der Waals surface area (Å²) in [6.07, 6.45) is 0. The number of hydrogen-bond acceptors (Lipinski definition) is 3. The lowest BCUT2D eigenvalue weighted by molar-refractivity contribution is 0.0465. The van der Waals surface area contributed by atoms with Gasteiger partial charge in [0.05, 0.1) is 5.60 Å². The molecule has 0 spiro atoms. The minimum Gasteiger partial charge on any atom is -0.389 e. The van der Waals surface area contributed by atoms with Gasteiger partial charge in [-0.2, -0.15) is 0 Å². The van der Waals surface area contributed by atoms with E-state index in [0.717, 1.165) is 17.2 Å². The smallest absolute Gasteiger partial charge is 0.123 e. The van der Waals surface area contributed by atoms with E-state index in [0.29, 0.717) is 6.54 Å². The molecule has 0 saturated heterocycles. The summed E-state index contributed by atoms with van der Waals surface area (Å²) in [5.74, 6) is 0.728. The maximum absolute atomic E-state index is 12.7. The van der Waals surface area contributed by atoms with Crippen molar-refractivity contribution in [2.45, 2.75) is 24.3 Å². The van der Waals surface area contributed by atoms with Crippen LogP contribution in [0, 0.1) is 5.82 Å². The molecule has 2 nitrogen and oxygen atoms in total. The van der Waals surface area contributed by atoms with Crippen LogP contribution in [0.4, 0.5) is 4.39 Å². The predicted octanol–water partition coefficient (Wildman–Crippen LogP) is 2.62. The van der Waals surface area contributed by atoms with Crippen LogP contribution < -0.4 is 0 Å². The molecule has 1 rings (SSSR count). The predicted molar refractivity (Wildman–Crippen MR) is 70.9 cm³/mol. The minimum absolute atomic E-state index is 0.200. The monoisotopic (exact) mass is 257 g/mol. The molecule has 0 saturated carbocycles. The number of likely N-dealkylation sites (N-methyl/N-ethyl adjacent to an activating group) is 1. The fraction of sp³-hybridized carbons (Fsp3) is 0.538. The van der Waals surface area contributed by atoms with E-state index in [1.807, 2.05) is 7.05 Å². The quantitative estimate of drug-likeness (QED) is 0.793. The Balaban J connectivity index is 2.26. The highest BCUT2D eigenvalue weighted by Crippen LogP contribution is 2.18. The number of rotatable bonds is 6. The van der Waals surface area contributed by atoms with Crippen molar-refractivity contribution in [2.75, 3.05) is 25.9 Å². The summed E-state index contributed by atoms with van der Waals surface area (Å²) < 4.78 is 12.7. The average molecular weight is 257 g/mol. The molecule has 96 valence electrons. The van der Waals surface area contributed by atoms with Crippen molar-refractivity contribution >= 4 is 11.8 Å². The van der Waals surface area contributed by atoms with Crippen molar-refractivity contribution in [1.29, 1.82) is 0 Å². The van der Waals surface area contributed by atoms with E-state index in [1.54, 1.807) is 37.7 Å². The first-order chi connectivity index (χ1) is 7.87. The fourth-order valence-electron chi connectivity index (χ4n) is 1.59. The Morgan fingerprint density at radius 1 is 1.29 bits per heavy atom. The molecule has 0 heterocycles. The Hall–Kier alpha value is -0.580. The standard InChI is InChI=1S/C13H20FNOS/c1-13(2,16)10-15(3)8-9-17-12-6-4-11(14)5-7-12/h4-7,16H,8-10H2,1-3H3. The van der Waals surface area contributed by atoms with Gasteiger partial charge in [-0.3, -0.25) is 0 Å². The Labute approximate surface area is 107 Å². The molecule has 1 N–H and O–H groups in total. The van der Waals surface area contributed by atoms with Gasteiger partial charge in [0.15, 0.2) is 0 Å². The minimum atomic E-state index is -0.657. The molecular weight excluding hydrogens is 237 g/mol. The van der Waals surface area contributed by atoms with Gasteiger partial charge in [0.25, 0.3) is 0 Å². The van der Waals surface area contributed by atoms with Crippen molar-refractivity contribution in [1.82, 2.24) is 4.90 Å². The molecule has 0 aliphatic carbocycles. The molecule has 0 amide bonds. The van der Waals surface area contributed by atoms with Gasteiger partial charge in [0.1, 0.15) is 5.82 Å². The van der Waals surface area contributed by atoms with Crippen LogP contribution in [0.3, 0.4) is 0 Å². The number of aliphatic hydroxyl groups is 1. The lowest BCUT2D eigenvalue weighted by atomic mass is 10.1. The normalized spacial score (nSPS) is 12.1. The van der Waals surface area contributed by atoms with Gasteiger partial charge in [0, 0.05) is 23.7 Å². The third kappa shape index (κ3) is 6.66. The average Bonchev–Trinajstić information content (AvgIpc) is 2.18. The second-order valence-electron chi connectivity index (χ2n) is 4.85. The maximum atomic E-state index is 12.7. The molecule has 1 aromatic carbocycles. The van der Waals surface area contributed by atoms with E-state index < -0.39 is 5.60 Å². The van der Waals surface area contributed by atoms with Crippen LogP contribution in [0.25, 0.3) is 0 Å². The molecule has 0 aromatic heterocycles. The SMILES string of the molecule is CN(CCSc1ccc(F)cc1)CC(C)(C)O. The molecule has 17 heavy (non-hydrogen) atoms. The Kier molecular flexibility index (Phi) is 5.43. The molecular formula is C13H20FNOS. The zero-order chi connectivity index (χ0) is 12.9. The molecule has 0 atom stereocenters. The van der Waals surface area contributed by atoms with E-state index in [-0.39, 0.29) is 5.82 Å². The van der Waals surface area contributed by atoms with Crippen molar-refractivity contribution in [3.05, 3.63) is 30.1 Å². The summed E-state index contributed by atoms with van der Waals surface area (Å²) in [5.41, 5.74) is -0.657. The van der Waals surface area contributed by atoms with E-state index in [1.165, 1.54) is 12.1 Å². The highest BCUT2D eigenvalue weighted by Gasteiger charge is 2.14. The van der Waals surface area contributed by atoms with Gasteiger partial charge in [-0.15, -0.1) is 11.8 Å². The largest absolute Gasteiger partial charge is 0.389 e. The first kappa shape index (κ1) is 14.5. The summed E-state index contributed by atoms with van der Waals surface area (Å²) in [6.45, 7) is 5.15. The van der Waals surface area contributed by atoms with Gasteiger partial charge in [-0.1, -0.05) is 0 Å². The van der Waals surface area contributed by atoms with E-state index in [9.17, 15) is 9.50 Å². The molecule has 4 heteroatoms. The molecule has 1 aromatic rings. The zero-order valence-corrected chi connectivity index (χ0v) is 11.4. The lowest BCUT2D eigenvalue weighted by Crippen LogP contribution is -2.37. The van der Waals surface area contributed by atoms with E-state index in [4.69, 9.17) is 0 Å². The maximum Gasteiger partial charge on any atom is 0.123 e. The number of hydrogen-bond donors (Lipinski definition) is 1. The van der Waals surface area contributed by atoms with E-state index >= 15 is 0 Å². The molecule has 0 fully saturated rings. The van der Waals surface area contributed by atoms with Crippen LogP contribution in [0.15, 0.2) is 29.2 Å². The third-order valence-electron chi connectivity index (χ3n) is 2.21. The van der Waals surface area contributed by atoms with Crippen molar-refractivity contribution in [3.63, 3.8) is 0 Å². The summed E-state index contributed by atoms with van der Waals surface area (Å²) in [4.78, 5) is 3.17. The highest BCUT2D eigenvalue weighted by molar-refractivity contribution is 7.99. The number of nitrogens with zero attached hydrogens (tertiary/aromatic N) is 1. The van der Waals surface area contributed by atoms with Crippen molar-refractivity contribution in [3.8, 4) is 0 Å².